The van der Waals surface area contributed by atoms with Crippen LogP contribution in [0.15, 0.2) is 47.6 Å². The molecule has 0 unspecified atom stereocenters. The lowest BCUT2D eigenvalue weighted by atomic mass is 10.0. The molecule has 37 heavy (non-hydrogen) atoms. The number of halogens is 4. The molecule has 0 saturated heterocycles. The van der Waals surface area contributed by atoms with Crippen molar-refractivity contribution < 1.29 is 22.8 Å². The number of aliphatic imine (C=N–C) groups is 1. The Morgan fingerprint density at radius 3 is 2.54 bits per heavy atom. The average molecular weight is 529 g/mol. The van der Waals surface area contributed by atoms with Gasteiger partial charge in [-0.1, -0.05) is 29.8 Å². The van der Waals surface area contributed by atoms with Gasteiger partial charge in [0.15, 0.2) is 0 Å². The number of amides is 2. The zero-order chi connectivity index (χ0) is 27.3. The number of benzene rings is 2. The highest BCUT2D eigenvalue weighted by molar-refractivity contribution is 6.33. The average Bonchev–Trinajstić information content (AvgIpc) is 2.84. The third kappa shape index (κ3) is 6.48. The Hall–Kier alpha value is -4.30. The van der Waals surface area contributed by atoms with Crippen LogP contribution < -0.4 is 11.1 Å². The zero-order valence-electron chi connectivity index (χ0n) is 19.7. The van der Waals surface area contributed by atoms with Crippen molar-refractivity contribution in [3.05, 3.63) is 75.7 Å². The number of rotatable bonds is 7. The molecule has 3 N–H and O–H groups in total. The van der Waals surface area contributed by atoms with Crippen LogP contribution >= 0.6 is 11.6 Å². The van der Waals surface area contributed by atoms with E-state index < -0.39 is 23.7 Å². The van der Waals surface area contributed by atoms with Gasteiger partial charge in [0.2, 0.25) is 0 Å². The van der Waals surface area contributed by atoms with E-state index in [1.165, 1.54) is 18.3 Å². The van der Waals surface area contributed by atoms with Crippen LogP contribution in [0.4, 0.5) is 18.9 Å². The van der Waals surface area contributed by atoms with Gasteiger partial charge in [-0.25, -0.2) is 9.97 Å². The molecule has 2 amide bonds. The van der Waals surface area contributed by atoms with Crippen LogP contribution in [0, 0.1) is 18.3 Å². The number of nitrogens with two attached hydrogens (primary N) is 1. The first-order valence-electron chi connectivity index (χ1n) is 10.8. The van der Waals surface area contributed by atoms with Gasteiger partial charge in [0.05, 0.1) is 34.1 Å². The van der Waals surface area contributed by atoms with E-state index in [-0.39, 0.29) is 51.9 Å². The topological polar surface area (TPSA) is 134 Å². The number of carbonyl (C=O) groups is 2. The van der Waals surface area contributed by atoms with E-state index >= 15 is 0 Å². The Morgan fingerprint density at radius 2 is 1.92 bits per heavy atom. The summed E-state index contributed by atoms with van der Waals surface area (Å²) in [6.45, 7) is 2.25. The fourth-order valence-electron chi connectivity index (χ4n) is 3.37. The smallest absolute Gasteiger partial charge is 0.366 e. The SMILES string of the molecule is C/C(=N\CCc1ncc(C(=O)Nc2c(C)cc(C#N)cc2C(N)=O)c(-c2ccccc2Cl)n1)C(F)(F)F. The molecule has 0 atom stereocenters. The summed E-state index contributed by atoms with van der Waals surface area (Å²) in [5, 5.41) is 12.1. The highest BCUT2D eigenvalue weighted by atomic mass is 35.5. The predicted molar refractivity (Wildman–Crippen MR) is 133 cm³/mol. The van der Waals surface area contributed by atoms with Gasteiger partial charge in [-0.3, -0.25) is 14.6 Å². The van der Waals surface area contributed by atoms with Crippen molar-refractivity contribution in [2.45, 2.75) is 26.4 Å². The molecule has 1 heterocycles. The van der Waals surface area contributed by atoms with E-state index in [1.807, 2.05) is 6.07 Å². The molecule has 0 aliphatic heterocycles. The Labute approximate surface area is 215 Å². The van der Waals surface area contributed by atoms with Crippen LogP contribution in [-0.4, -0.2) is 40.2 Å². The summed E-state index contributed by atoms with van der Waals surface area (Å²) in [6, 6.07) is 11.3. The van der Waals surface area contributed by atoms with Crippen LogP contribution in [0.3, 0.4) is 0 Å². The van der Waals surface area contributed by atoms with Crippen LogP contribution in [-0.2, 0) is 6.42 Å². The summed E-state index contributed by atoms with van der Waals surface area (Å²) >= 11 is 6.34. The van der Waals surface area contributed by atoms with Crippen molar-refractivity contribution in [3.8, 4) is 17.3 Å². The Bertz CT molecular complexity index is 1450. The van der Waals surface area contributed by atoms with E-state index in [9.17, 15) is 28.0 Å². The molecule has 0 aliphatic carbocycles. The Balaban J connectivity index is 2.02. The van der Waals surface area contributed by atoms with Crippen molar-refractivity contribution in [2.24, 2.45) is 10.7 Å². The molecule has 190 valence electrons. The van der Waals surface area contributed by atoms with E-state index in [0.717, 1.165) is 6.92 Å². The van der Waals surface area contributed by atoms with Crippen molar-refractivity contribution in [1.82, 2.24) is 9.97 Å². The van der Waals surface area contributed by atoms with Gasteiger partial charge in [0.25, 0.3) is 11.8 Å². The summed E-state index contributed by atoms with van der Waals surface area (Å²) < 4.78 is 38.1. The molecule has 2 aromatic carbocycles. The number of hydrogen-bond donors (Lipinski definition) is 2. The standard InChI is InChI=1S/C25H20ClF3N6O2/c1-13-9-15(11-30)10-17(23(31)36)21(13)35-24(37)18-12-33-20(7-8-32-14(2)25(27,28)29)34-22(18)16-5-3-4-6-19(16)26/h3-6,9-10,12H,7-8H2,1-2H3,(H2,31,36)(H,35,37)/b32-14+. The maximum Gasteiger partial charge on any atom is 0.428 e. The third-order valence-corrected chi connectivity index (χ3v) is 5.61. The molecule has 0 spiro atoms. The van der Waals surface area contributed by atoms with Gasteiger partial charge in [0, 0.05) is 29.7 Å². The molecule has 1 aromatic heterocycles. The number of aryl methyl sites for hydroxylation is 1. The number of alkyl halides is 3. The van der Waals surface area contributed by atoms with Crippen LogP contribution in [0.5, 0.6) is 0 Å². The second-order valence-electron chi connectivity index (χ2n) is 7.89. The molecular weight excluding hydrogens is 509 g/mol. The summed E-state index contributed by atoms with van der Waals surface area (Å²) in [7, 11) is 0. The number of nitrogens with one attached hydrogen (secondary N) is 1. The number of carbonyl (C=O) groups excluding carboxylic acids is 2. The van der Waals surface area contributed by atoms with Gasteiger partial charge >= 0.3 is 6.18 Å². The number of aromatic nitrogens is 2. The number of hydrogen-bond acceptors (Lipinski definition) is 6. The van der Waals surface area contributed by atoms with Gasteiger partial charge in [-0.2, -0.15) is 18.4 Å². The normalized spacial score (nSPS) is 11.6. The van der Waals surface area contributed by atoms with Gasteiger partial charge < -0.3 is 11.1 Å². The second kappa shape index (κ2) is 11.2. The van der Waals surface area contributed by atoms with E-state index in [0.29, 0.717) is 11.1 Å². The lowest BCUT2D eigenvalue weighted by Gasteiger charge is -2.15. The molecule has 0 aliphatic rings. The lowest BCUT2D eigenvalue weighted by molar-refractivity contribution is -0.0594. The highest BCUT2D eigenvalue weighted by Crippen LogP contribution is 2.30. The summed E-state index contributed by atoms with van der Waals surface area (Å²) in [5.41, 5.74) is 5.67. The molecule has 3 rings (SSSR count). The largest absolute Gasteiger partial charge is 0.428 e. The minimum absolute atomic E-state index is 0.00833. The van der Waals surface area contributed by atoms with Gasteiger partial charge in [0.1, 0.15) is 11.5 Å². The molecule has 12 heteroatoms. The molecular formula is C25H20ClF3N6O2. The molecule has 0 radical (unpaired) electrons. The Kier molecular flexibility index (Phi) is 8.24. The first kappa shape index (κ1) is 27.3. The molecule has 8 nitrogen and oxygen atoms in total. The van der Waals surface area contributed by atoms with Gasteiger partial charge in [-0.05, 0) is 37.6 Å². The number of nitrogens with zero attached hydrogens (tertiary/aromatic N) is 4. The van der Waals surface area contributed by atoms with Crippen molar-refractivity contribution in [2.75, 3.05) is 11.9 Å². The van der Waals surface area contributed by atoms with Crippen molar-refractivity contribution >= 4 is 34.8 Å². The minimum atomic E-state index is -4.53. The number of nitriles is 1. The first-order chi connectivity index (χ1) is 17.4. The summed E-state index contributed by atoms with van der Waals surface area (Å²) in [5.74, 6) is -1.39. The van der Waals surface area contributed by atoms with E-state index in [1.54, 1.807) is 31.2 Å². The zero-order valence-corrected chi connectivity index (χ0v) is 20.4. The lowest BCUT2D eigenvalue weighted by Crippen LogP contribution is -2.21. The fraction of sp³-hybridized carbons (Fsp3) is 0.200. The maximum absolute atomic E-state index is 13.3. The summed E-state index contributed by atoms with van der Waals surface area (Å²) in [6.07, 6.45) is -3.33. The molecule has 0 bridgehead atoms. The van der Waals surface area contributed by atoms with Crippen LogP contribution in [0.25, 0.3) is 11.3 Å². The molecule has 0 fully saturated rings. The molecule has 0 saturated carbocycles. The third-order valence-electron chi connectivity index (χ3n) is 5.28. The number of anilines is 1. The van der Waals surface area contributed by atoms with E-state index in [2.05, 4.69) is 20.3 Å². The Morgan fingerprint density at radius 1 is 1.22 bits per heavy atom. The highest BCUT2D eigenvalue weighted by Gasteiger charge is 2.31. The van der Waals surface area contributed by atoms with Crippen molar-refractivity contribution in [3.63, 3.8) is 0 Å². The second-order valence-corrected chi connectivity index (χ2v) is 8.30. The van der Waals surface area contributed by atoms with E-state index in [4.69, 9.17) is 17.3 Å². The maximum atomic E-state index is 13.3. The minimum Gasteiger partial charge on any atom is -0.366 e. The van der Waals surface area contributed by atoms with Crippen LogP contribution in [0.2, 0.25) is 5.02 Å². The quantitative estimate of drug-likeness (QED) is 0.421. The predicted octanol–water partition coefficient (Wildman–Crippen LogP) is 4.89. The monoisotopic (exact) mass is 528 g/mol. The first-order valence-corrected chi connectivity index (χ1v) is 11.1. The van der Waals surface area contributed by atoms with Gasteiger partial charge in [-0.15, -0.1) is 0 Å². The fourth-order valence-corrected chi connectivity index (χ4v) is 3.59. The number of primary amides is 1. The molecule has 3 aromatic rings. The van der Waals surface area contributed by atoms with Crippen LogP contribution in [0.1, 0.15) is 44.6 Å². The van der Waals surface area contributed by atoms with Crippen molar-refractivity contribution in [1.29, 1.82) is 5.26 Å². The summed E-state index contributed by atoms with van der Waals surface area (Å²) in [4.78, 5) is 37.3.